The minimum Gasteiger partial charge on any atom is -0.458 e. The van der Waals surface area contributed by atoms with Crippen LogP contribution < -0.4 is 37.5 Å². The number of fused-ring (bicyclic) bond motifs is 8. The highest BCUT2D eigenvalue weighted by molar-refractivity contribution is 5.95. The lowest BCUT2D eigenvalue weighted by molar-refractivity contribution is -0.172. The third kappa shape index (κ3) is 10.2. The van der Waals surface area contributed by atoms with Crippen LogP contribution in [0.3, 0.4) is 0 Å². The van der Waals surface area contributed by atoms with E-state index >= 15 is 4.39 Å². The van der Waals surface area contributed by atoms with Gasteiger partial charge in [0.15, 0.2) is 5.60 Å². The Labute approximate surface area is 445 Å². The van der Waals surface area contributed by atoms with E-state index in [0.29, 0.717) is 57.4 Å². The van der Waals surface area contributed by atoms with Gasteiger partial charge >= 0.3 is 18.2 Å². The van der Waals surface area contributed by atoms with Gasteiger partial charge in [0.1, 0.15) is 38.2 Å². The summed E-state index contributed by atoms with van der Waals surface area (Å²) in [6.07, 6.45) is -0.899. The Morgan fingerprint density at radius 3 is 2.23 bits per heavy atom. The predicted octanol–water partition coefficient (Wildman–Crippen LogP) is 3.86. The van der Waals surface area contributed by atoms with E-state index in [9.17, 15) is 43.5 Å². The van der Waals surface area contributed by atoms with Crippen LogP contribution >= 0.6 is 0 Å². The second-order valence-corrected chi connectivity index (χ2v) is 19.5. The van der Waals surface area contributed by atoms with E-state index in [1.807, 2.05) is 48.5 Å². The van der Waals surface area contributed by atoms with Gasteiger partial charge in [0.25, 0.3) is 5.56 Å². The number of carbonyl (C=O) groups excluding carboxylic acids is 7. The normalized spacial score (nSPS) is 16.7. The molecule has 0 saturated carbocycles. The quantitative estimate of drug-likeness (QED) is 0.0389. The average Bonchev–Trinajstić information content (AvgIpc) is 3.92. The van der Waals surface area contributed by atoms with E-state index in [4.69, 9.17) is 19.2 Å². The van der Waals surface area contributed by atoms with Crippen molar-refractivity contribution >= 4 is 52.7 Å². The third-order valence-corrected chi connectivity index (χ3v) is 14.9. The molecule has 78 heavy (non-hydrogen) atoms. The Bertz CT molecular complexity index is 3470. The monoisotopic (exact) mass is 1060 g/mol. The molecule has 0 bridgehead atoms. The van der Waals surface area contributed by atoms with Crippen molar-refractivity contribution in [2.24, 2.45) is 0 Å². The fourth-order valence-corrected chi connectivity index (χ4v) is 10.9. The number of carbonyl (C=O) groups is 7. The van der Waals surface area contributed by atoms with Crippen LogP contribution in [-0.2, 0) is 69.8 Å². The molecule has 2 aliphatic heterocycles. The van der Waals surface area contributed by atoms with Crippen molar-refractivity contribution in [1.82, 2.24) is 41.5 Å². The maximum Gasteiger partial charge on any atom is 0.407 e. The zero-order chi connectivity index (χ0) is 54.8. The molecule has 402 valence electrons. The summed E-state index contributed by atoms with van der Waals surface area (Å²) in [7, 11) is 0. The number of esters is 1. The second kappa shape index (κ2) is 21.9. The SMILES string of the molecule is CC[C@@]1(O)C(=O)OCc2c1cc1n(c2=O)Cc2c-1nc1cc(F)c(C)c3c1c2[C@@H](NC(=O)OCCNC(=O)CNC(=O)[C@H](Cc1ccccc1)NC(=O)CNC(=O)CNC(=O)OCC1c2ccccc2-c2ccccc21)CC3. The smallest absolute Gasteiger partial charge is 0.407 e. The molecule has 20 nitrogen and oxygen atoms in total. The van der Waals surface area contributed by atoms with Gasteiger partial charge in [-0.15, -0.1) is 0 Å². The molecule has 0 fully saturated rings. The van der Waals surface area contributed by atoms with Crippen LogP contribution in [0.1, 0.15) is 81.8 Å². The number of aromatic nitrogens is 2. The van der Waals surface area contributed by atoms with Crippen LogP contribution in [0.15, 0.2) is 95.8 Å². The van der Waals surface area contributed by atoms with Crippen molar-refractivity contribution in [3.8, 4) is 22.5 Å². The minimum atomic E-state index is -2.05. The number of cyclic esters (lactones) is 1. The summed E-state index contributed by atoms with van der Waals surface area (Å²) in [5.41, 5.74) is 6.01. The highest BCUT2D eigenvalue weighted by Gasteiger charge is 2.46. The predicted molar refractivity (Wildman–Crippen MR) is 279 cm³/mol. The number of amides is 6. The molecule has 0 saturated heterocycles. The summed E-state index contributed by atoms with van der Waals surface area (Å²) in [4.78, 5) is 110. The lowest BCUT2D eigenvalue weighted by Gasteiger charge is -2.31. The average molecular weight is 1060 g/mol. The number of pyridine rings is 2. The first-order chi connectivity index (χ1) is 37.6. The van der Waals surface area contributed by atoms with E-state index in [0.717, 1.165) is 27.8 Å². The van der Waals surface area contributed by atoms with Crippen LogP contribution in [0.2, 0.25) is 0 Å². The molecule has 3 atom stereocenters. The fraction of sp³-hybridized carbons (Fsp3) is 0.316. The Kier molecular flexibility index (Phi) is 14.8. The van der Waals surface area contributed by atoms with Crippen molar-refractivity contribution in [2.75, 3.05) is 39.4 Å². The highest BCUT2D eigenvalue weighted by atomic mass is 19.1. The van der Waals surface area contributed by atoms with E-state index < -0.39 is 90.5 Å². The first-order valence-electron chi connectivity index (χ1n) is 25.6. The van der Waals surface area contributed by atoms with Crippen molar-refractivity contribution in [3.05, 3.63) is 157 Å². The topological polar surface area (TPSA) is 274 Å². The van der Waals surface area contributed by atoms with E-state index in [1.165, 1.54) is 10.6 Å². The molecule has 7 N–H and O–H groups in total. The van der Waals surface area contributed by atoms with Crippen LogP contribution in [0.5, 0.6) is 0 Å². The molecule has 4 heterocycles. The molecule has 0 spiro atoms. The minimum absolute atomic E-state index is 0.0455. The van der Waals surface area contributed by atoms with Gasteiger partial charge in [0, 0.05) is 34.9 Å². The first kappa shape index (κ1) is 52.5. The Morgan fingerprint density at radius 2 is 1.50 bits per heavy atom. The molecular formula is C57H55FN8O12. The fourth-order valence-electron chi connectivity index (χ4n) is 10.9. The van der Waals surface area contributed by atoms with Crippen LogP contribution in [0.4, 0.5) is 14.0 Å². The van der Waals surface area contributed by atoms with Gasteiger partial charge in [-0.05, 0) is 76.8 Å². The Balaban J connectivity index is 0.700. The van der Waals surface area contributed by atoms with Crippen LogP contribution in [0, 0.1) is 12.7 Å². The van der Waals surface area contributed by atoms with Crippen molar-refractivity contribution in [2.45, 2.75) is 76.3 Å². The number of hydrogen-bond acceptors (Lipinski definition) is 13. The lowest BCUT2D eigenvalue weighted by Crippen LogP contribution is -2.52. The van der Waals surface area contributed by atoms with Crippen molar-refractivity contribution in [1.29, 1.82) is 0 Å². The largest absolute Gasteiger partial charge is 0.458 e. The zero-order valence-corrected chi connectivity index (χ0v) is 42.6. The summed E-state index contributed by atoms with van der Waals surface area (Å²) < 4.78 is 33.0. The number of halogens is 1. The molecule has 0 unspecified atom stereocenters. The van der Waals surface area contributed by atoms with Gasteiger partial charge in [-0.2, -0.15) is 0 Å². The number of aliphatic hydroxyl groups is 1. The number of aryl methyl sites for hydroxylation is 1. The van der Waals surface area contributed by atoms with E-state index in [-0.39, 0.29) is 62.8 Å². The Hall–Kier alpha value is -8.98. The Morgan fingerprint density at radius 1 is 0.821 bits per heavy atom. The highest BCUT2D eigenvalue weighted by Crippen LogP contribution is 2.47. The number of nitrogens with one attached hydrogen (secondary N) is 6. The summed E-state index contributed by atoms with van der Waals surface area (Å²) in [6.45, 7) is 1.15. The second-order valence-electron chi connectivity index (χ2n) is 19.5. The molecule has 2 aromatic heterocycles. The zero-order valence-electron chi connectivity index (χ0n) is 42.6. The number of alkyl carbamates (subject to hydrolysis) is 2. The molecule has 6 amide bonds. The third-order valence-electron chi connectivity index (χ3n) is 14.9. The summed E-state index contributed by atoms with van der Waals surface area (Å²) in [5, 5.41) is 27.4. The number of hydrogen-bond donors (Lipinski definition) is 7. The van der Waals surface area contributed by atoms with Gasteiger partial charge in [-0.1, -0.05) is 85.8 Å². The molecule has 10 rings (SSSR count). The summed E-state index contributed by atoms with van der Waals surface area (Å²) in [6, 6.07) is 25.6. The number of benzene rings is 4. The maximum atomic E-state index is 15.4. The molecule has 21 heteroatoms. The molecule has 4 aliphatic rings. The van der Waals surface area contributed by atoms with Crippen molar-refractivity contribution < 1.29 is 57.3 Å². The molecule has 2 aliphatic carbocycles. The molecular weight excluding hydrogens is 1010 g/mol. The standard InChI is InChI=1S/C57H55FN8O12/c1-3-57(75)40-22-45-51-37(27-66(45)53(71)39(40)29-77-54(57)72)50-42(18-17-32-30(2)41(58)23-43(64-51)49(32)50)65-56(74)76-20-19-59-46(67)24-61-52(70)44(21-31-11-5-4-6-12-31)63-48(69)26-60-47(68)25-62-55(73)78-28-38-35-15-9-7-13-33(35)34-14-8-10-16-36(34)38/h4-16,22-23,38,42,44,75H,3,17-21,24-29H2,1-2H3,(H,59,67)(H,60,68)(H,61,70)(H,62,73)(H,63,69)(H,65,74)/t42-,44-,57-/m0/s1. The number of rotatable bonds is 17. The van der Waals surface area contributed by atoms with Gasteiger partial charge in [0.2, 0.25) is 23.6 Å². The summed E-state index contributed by atoms with van der Waals surface area (Å²) in [5.74, 6) is -4.21. The van der Waals surface area contributed by atoms with E-state index in [2.05, 4.69) is 31.9 Å². The van der Waals surface area contributed by atoms with Crippen molar-refractivity contribution in [3.63, 3.8) is 0 Å². The van der Waals surface area contributed by atoms with E-state index in [1.54, 1.807) is 50.2 Å². The van der Waals surface area contributed by atoms with Gasteiger partial charge in [0.05, 0.1) is 54.7 Å². The molecule has 6 aromatic rings. The van der Waals surface area contributed by atoms with Gasteiger partial charge < -0.3 is 55.8 Å². The van der Waals surface area contributed by atoms with Crippen LogP contribution in [0.25, 0.3) is 33.4 Å². The lowest BCUT2D eigenvalue weighted by atomic mass is 9.81. The molecule has 0 radical (unpaired) electrons. The maximum absolute atomic E-state index is 15.4. The van der Waals surface area contributed by atoms with Gasteiger partial charge in [-0.25, -0.2) is 23.8 Å². The number of nitrogens with zero attached hydrogens (tertiary/aromatic N) is 2. The van der Waals surface area contributed by atoms with Gasteiger partial charge in [-0.3, -0.25) is 24.0 Å². The van der Waals surface area contributed by atoms with Crippen LogP contribution in [-0.4, -0.2) is 102 Å². The number of ether oxygens (including phenoxy) is 3. The molecule has 4 aromatic carbocycles. The summed E-state index contributed by atoms with van der Waals surface area (Å²) >= 11 is 0. The first-order valence-corrected chi connectivity index (χ1v) is 25.6.